The van der Waals surface area contributed by atoms with Crippen LogP contribution >= 0.6 is 15.9 Å². The molecule has 6 rings (SSSR count). The highest BCUT2D eigenvalue weighted by Gasteiger charge is 2.39. The molecule has 0 aliphatic carbocycles. The molecule has 44 heavy (non-hydrogen) atoms. The first-order valence-electron chi connectivity index (χ1n) is 14.1. The van der Waals surface area contributed by atoms with Crippen LogP contribution in [-0.4, -0.2) is 40.8 Å². The van der Waals surface area contributed by atoms with E-state index in [0.29, 0.717) is 41.5 Å². The van der Waals surface area contributed by atoms with Gasteiger partial charge in [-0.3, -0.25) is 0 Å². The molecule has 3 heterocycles. The summed E-state index contributed by atoms with van der Waals surface area (Å²) in [5, 5.41) is 0. The van der Waals surface area contributed by atoms with Gasteiger partial charge in [-0.25, -0.2) is 23.5 Å². The fraction of sp³-hybridized carbons (Fsp3) is 0.265. The van der Waals surface area contributed by atoms with E-state index in [-0.39, 0.29) is 41.3 Å². The molecule has 226 valence electrons. The van der Waals surface area contributed by atoms with Crippen LogP contribution < -0.4 is 4.74 Å². The molecule has 0 amide bonds. The topological polar surface area (TPSA) is 75.5 Å². The molecule has 5 aromatic rings. The molecular formula is C34H30BrF2N3O4. The van der Waals surface area contributed by atoms with E-state index < -0.39 is 17.6 Å². The second-order valence-electron chi connectivity index (χ2n) is 11.5. The first kappa shape index (κ1) is 29.9. The van der Waals surface area contributed by atoms with Gasteiger partial charge in [0.1, 0.15) is 24.1 Å². The zero-order chi connectivity index (χ0) is 31.0. The van der Waals surface area contributed by atoms with Crippen LogP contribution in [0.3, 0.4) is 0 Å². The van der Waals surface area contributed by atoms with Gasteiger partial charge in [0.25, 0.3) is 0 Å². The summed E-state index contributed by atoms with van der Waals surface area (Å²) in [4.78, 5) is 21.5. The Bertz CT molecular complexity index is 1860. The summed E-state index contributed by atoms with van der Waals surface area (Å²) in [7, 11) is 1.33. The molecule has 0 N–H and O–H groups in total. The molecular weight excluding hydrogens is 632 g/mol. The maximum Gasteiger partial charge on any atom is 0.337 e. The molecule has 1 unspecified atom stereocenters. The Hall–Kier alpha value is -4.15. The summed E-state index contributed by atoms with van der Waals surface area (Å²) >= 11 is 3.41. The van der Waals surface area contributed by atoms with Gasteiger partial charge < -0.3 is 18.8 Å². The molecule has 0 radical (unpaired) electrons. The minimum Gasteiger partial charge on any atom is -0.473 e. The smallest absolute Gasteiger partial charge is 0.337 e. The lowest BCUT2D eigenvalue weighted by Gasteiger charge is -2.28. The van der Waals surface area contributed by atoms with Crippen LogP contribution in [0.1, 0.15) is 47.2 Å². The first-order valence-corrected chi connectivity index (χ1v) is 14.9. The maximum atomic E-state index is 15.7. The van der Waals surface area contributed by atoms with E-state index in [0.717, 1.165) is 16.1 Å². The molecule has 1 aliphatic heterocycles. The number of ether oxygens (including phenoxy) is 3. The van der Waals surface area contributed by atoms with Gasteiger partial charge in [0, 0.05) is 27.9 Å². The molecule has 7 nitrogen and oxygen atoms in total. The fourth-order valence-corrected chi connectivity index (χ4v) is 5.78. The lowest BCUT2D eigenvalue weighted by molar-refractivity contribution is 0.0601. The van der Waals surface area contributed by atoms with Crippen LogP contribution in [0.25, 0.3) is 22.3 Å². The summed E-state index contributed by atoms with van der Waals surface area (Å²) in [6, 6.07) is 20.0. The molecule has 0 saturated carbocycles. The van der Waals surface area contributed by atoms with Gasteiger partial charge in [-0.15, -0.1) is 0 Å². The second kappa shape index (κ2) is 12.1. The van der Waals surface area contributed by atoms with E-state index in [4.69, 9.17) is 19.2 Å². The molecule has 2 aromatic heterocycles. The summed E-state index contributed by atoms with van der Waals surface area (Å²) in [6.07, 6.45) is 0.0294. The molecule has 1 aliphatic rings. The van der Waals surface area contributed by atoms with E-state index in [1.165, 1.54) is 13.2 Å². The van der Waals surface area contributed by atoms with Crippen LogP contribution in [0, 0.1) is 17.0 Å². The molecule has 0 spiro atoms. The third-order valence-electron chi connectivity index (χ3n) is 7.93. The number of hydrogen-bond donors (Lipinski definition) is 0. The van der Waals surface area contributed by atoms with Gasteiger partial charge in [0.05, 0.1) is 48.7 Å². The van der Waals surface area contributed by atoms with Crippen molar-refractivity contribution in [1.29, 1.82) is 0 Å². The zero-order valence-electron chi connectivity index (χ0n) is 24.4. The van der Waals surface area contributed by atoms with E-state index in [2.05, 4.69) is 34.8 Å². The van der Waals surface area contributed by atoms with Gasteiger partial charge >= 0.3 is 5.97 Å². The number of hydrogen-bond acceptors (Lipinski definition) is 6. The predicted octanol–water partition coefficient (Wildman–Crippen LogP) is 7.69. The molecule has 10 heteroatoms. The SMILES string of the molecule is COC(=O)c1ccc2nc(Cc3cc(F)c(-c4cccc(OCc5ccc(Br)cc5)n4)cc3F)n(C3COCC3(C)C)c2c1. The molecule has 3 aromatic carbocycles. The number of nitrogens with zero attached hydrogens (tertiary/aromatic N) is 3. The van der Waals surface area contributed by atoms with Crippen molar-refractivity contribution in [3.8, 4) is 17.1 Å². The number of halogens is 3. The quantitative estimate of drug-likeness (QED) is 0.159. The Morgan fingerprint density at radius 2 is 1.84 bits per heavy atom. The highest BCUT2D eigenvalue weighted by molar-refractivity contribution is 9.10. The summed E-state index contributed by atoms with van der Waals surface area (Å²) in [5.41, 5.74) is 2.84. The Kier molecular flexibility index (Phi) is 8.22. The number of methoxy groups -OCH3 is 1. The number of aromatic nitrogens is 3. The van der Waals surface area contributed by atoms with Crippen LogP contribution in [0.2, 0.25) is 0 Å². The number of carbonyl (C=O) groups is 1. The largest absolute Gasteiger partial charge is 0.473 e. The van der Waals surface area contributed by atoms with Crippen molar-refractivity contribution in [2.75, 3.05) is 20.3 Å². The summed E-state index contributed by atoms with van der Waals surface area (Å²) in [5.74, 6) is -0.823. The van der Waals surface area contributed by atoms with Crippen LogP contribution in [-0.2, 0) is 22.5 Å². The van der Waals surface area contributed by atoms with Crippen molar-refractivity contribution >= 4 is 32.9 Å². The van der Waals surface area contributed by atoms with Crippen molar-refractivity contribution in [2.24, 2.45) is 5.41 Å². The summed E-state index contributed by atoms with van der Waals surface area (Å²) in [6.45, 7) is 5.41. The third-order valence-corrected chi connectivity index (χ3v) is 8.46. The minimum absolute atomic E-state index is 0.0294. The predicted molar refractivity (Wildman–Crippen MR) is 166 cm³/mol. The van der Waals surface area contributed by atoms with Crippen molar-refractivity contribution in [3.63, 3.8) is 0 Å². The molecule has 1 saturated heterocycles. The van der Waals surface area contributed by atoms with Gasteiger partial charge in [0.15, 0.2) is 0 Å². The number of fused-ring (bicyclic) bond motifs is 1. The number of carbonyl (C=O) groups excluding carboxylic acids is 1. The molecule has 0 bridgehead atoms. The second-order valence-corrected chi connectivity index (χ2v) is 12.4. The van der Waals surface area contributed by atoms with E-state index in [1.807, 2.05) is 28.8 Å². The maximum absolute atomic E-state index is 15.7. The van der Waals surface area contributed by atoms with Crippen molar-refractivity contribution in [2.45, 2.75) is 32.9 Å². The lowest BCUT2D eigenvalue weighted by atomic mass is 9.87. The van der Waals surface area contributed by atoms with Crippen LogP contribution in [0.15, 0.2) is 77.3 Å². The van der Waals surface area contributed by atoms with E-state index >= 15 is 8.78 Å². The number of benzene rings is 3. The highest BCUT2D eigenvalue weighted by Crippen LogP contribution is 2.40. The first-order chi connectivity index (χ1) is 21.1. The van der Waals surface area contributed by atoms with Crippen molar-refractivity contribution < 1.29 is 27.8 Å². The van der Waals surface area contributed by atoms with Gasteiger partial charge in [-0.1, -0.05) is 48.0 Å². The summed E-state index contributed by atoms with van der Waals surface area (Å²) < 4.78 is 50.8. The minimum atomic E-state index is -0.612. The monoisotopic (exact) mass is 661 g/mol. The van der Waals surface area contributed by atoms with Crippen molar-refractivity contribution in [3.05, 3.63) is 111 Å². The average Bonchev–Trinajstić information content (AvgIpc) is 3.55. The zero-order valence-corrected chi connectivity index (χ0v) is 26.0. The Balaban J connectivity index is 1.32. The third kappa shape index (κ3) is 5.96. The van der Waals surface area contributed by atoms with E-state index in [1.54, 1.807) is 36.4 Å². The number of pyridine rings is 1. The fourth-order valence-electron chi connectivity index (χ4n) is 5.51. The standard InChI is InChI=1S/C34H30BrF2N3O4/c1-34(2)19-43-18-30(34)40-29-14-21(33(41)42-3)9-12-28(29)38-31(40)15-22-13-26(37)24(16-25(22)36)27-5-4-6-32(39-27)44-17-20-7-10-23(35)11-8-20/h4-14,16,30H,15,17-19H2,1-3H3. The highest BCUT2D eigenvalue weighted by atomic mass is 79.9. The van der Waals surface area contributed by atoms with Gasteiger partial charge in [0.2, 0.25) is 5.88 Å². The van der Waals surface area contributed by atoms with Gasteiger partial charge in [-0.2, -0.15) is 0 Å². The average molecular weight is 663 g/mol. The number of esters is 1. The van der Waals surface area contributed by atoms with Crippen molar-refractivity contribution in [1.82, 2.24) is 14.5 Å². The molecule has 1 atom stereocenters. The van der Waals surface area contributed by atoms with Gasteiger partial charge in [-0.05, 0) is 59.7 Å². The Morgan fingerprint density at radius 3 is 2.57 bits per heavy atom. The van der Waals surface area contributed by atoms with Crippen LogP contribution in [0.4, 0.5) is 8.78 Å². The van der Waals surface area contributed by atoms with E-state index in [9.17, 15) is 4.79 Å². The number of rotatable bonds is 8. The Morgan fingerprint density at radius 1 is 1.05 bits per heavy atom. The Labute approximate surface area is 261 Å². The molecule has 1 fully saturated rings. The lowest BCUT2D eigenvalue weighted by Crippen LogP contribution is -2.27. The number of imidazole rings is 1. The normalized spacial score (nSPS) is 15.9. The van der Waals surface area contributed by atoms with Crippen LogP contribution in [0.5, 0.6) is 5.88 Å².